The first-order valence-corrected chi connectivity index (χ1v) is 8.39. The summed E-state index contributed by atoms with van der Waals surface area (Å²) in [6, 6.07) is 13.2. The first kappa shape index (κ1) is 17.4. The van der Waals surface area contributed by atoms with Crippen molar-refractivity contribution >= 4 is 34.2 Å². The molecule has 4 nitrogen and oxygen atoms in total. The van der Waals surface area contributed by atoms with Gasteiger partial charge in [-0.2, -0.15) is 0 Å². The molecule has 0 aliphatic heterocycles. The van der Waals surface area contributed by atoms with Crippen molar-refractivity contribution < 1.29 is 14.3 Å². The molecule has 1 N–H and O–H groups in total. The number of fused-ring (bicyclic) bond motifs is 1. The minimum absolute atomic E-state index is 0.307. The van der Waals surface area contributed by atoms with Gasteiger partial charge in [-0.05, 0) is 57.5 Å². The second kappa shape index (κ2) is 6.12. The number of rotatable bonds is 2. The number of hydrogen-bond donors (Lipinski definition) is 1. The molecular formula is C20H20ClNO3. The Morgan fingerprint density at radius 2 is 1.80 bits per heavy atom. The lowest BCUT2D eigenvalue weighted by Gasteiger charge is -2.34. The number of para-hydroxylation sites is 1. The highest BCUT2D eigenvalue weighted by molar-refractivity contribution is 6.34. The largest absolute Gasteiger partial charge is 0.465 e. The number of anilines is 1. The smallest absolute Gasteiger partial charge is 0.412 e. The molecule has 0 radical (unpaired) electrons. The molecule has 1 aromatic heterocycles. The van der Waals surface area contributed by atoms with Gasteiger partial charge in [0.1, 0.15) is 5.76 Å². The van der Waals surface area contributed by atoms with Crippen LogP contribution in [-0.4, -0.2) is 16.7 Å². The molecule has 0 spiro atoms. The fourth-order valence-electron chi connectivity index (χ4n) is 3.03. The van der Waals surface area contributed by atoms with E-state index in [0.29, 0.717) is 22.2 Å². The van der Waals surface area contributed by atoms with Crippen LogP contribution in [-0.2, 0) is 0 Å². The Bertz CT molecular complexity index is 953. The number of nitrogens with zero attached hydrogens (tertiary/aromatic N) is 1. The molecule has 0 aliphatic rings. The minimum Gasteiger partial charge on any atom is -0.465 e. The summed E-state index contributed by atoms with van der Waals surface area (Å²) >= 11 is 6.29. The lowest BCUT2D eigenvalue weighted by Crippen LogP contribution is -2.45. The van der Waals surface area contributed by atoms with E-state index >= 15 is 0 Å². The normalized spacial score (nSPS) is 11.7. The number of carbonyl (C=O) groups is 1. The SMILES string of the molecule is Cc1ccc2c(-c3ccccc3N(C(=O)O)C(C)(C)C)oc(Cl)c2c1. The molecular weight excluding hydrogens is 338 g/mol. The molecule has 3 rings (SSSR count). The number of aryl methyl sites for hydroxylation is 1. The van der Waals surface area contributed by atoms with Gasteiger partial charge in [0.25, 0.3) is 0 Å². The second-order valence-corrected chi connectivity index (χ2v) is 7.40. The Morgan fingerprint density at radius 3 is 2.44 bits per heavy atom. The summed E-state index contributed by atoms with van der Waals surface area (Å²) in [6.07, 6.45) is -1.02. The highest BCUT2D eigenvalue weighted by Gasteiger charge is 2.31. The van der Waals surface area contributed by atoms with Crippen LogP contribution in [0.3, 0.4) is 0 Å². The maximum Gasteiger partial charge on any atom is 0.412 e. The predicted molar refractivity (Wildman–Crippen MR) is 102 cm³/mol. The van der Waals surface area contributed by atoms with E-state index in [0.717, 1.165) is 16.3 Å². The van der Waals surface area contributed by atoms with Crippen molar-refractivity contribution in [1.82, 2.24) is 0 Å². The first-order chi connectivity index (χ1) is 11.7. The Kier molecular flexibility index (Phi) is 4.25. The van der Waals surface area contributed by atoms with Crippen LogP contribution in [0.1, 0.15) is 26.3 Å². The van der Waals surface area contributed by atoms with Crippen molar-refractivity contribution in [2.24, 2.45) is 0 Å². The summed E-state index contributed by atoms with van der Waals surface area (Å²) in [6.45, 7) is 7.56. The van der Waals surface area contributed by atoms with E-state index in [1.807, 2.05) is 64.1 Å². The van der Waals surface area contributed by atoms with Crippen molar-refractivity contribution in [2.75, 3.05) is 4.90 Å². The number of hydrogen-bond acceptors (Lipinski definition) is 2. The van der Waals surface area contributed by atoms with Gasteiger partial charge in [-0.1, -0.05) is 29.8 Å². The van der Waals surface area contributed by atoms with E-state index in [2.05, 4.69) is 0 Å². The van der Waals surface area contributed by atoms with Gasteiger partial charge in [-0.15, -0.1) is 0 Å². The highest BCUT2D eigenvalue weighted by Crippen LogP contribution is 2.42. The first-order valence-electron chi connectivity index (χ1n) is 8.01. The monoisotopic (exact) mass is 357 g/mol. The van der Waals surface area contributed by atoms with Crippen LogP contribution in [0, 0.1) is 6.92 Å². The Morgan fingerprint density at radius 1 is 1.12 bits per heavy atom. The molecule has 1 heterocycles. The maximum atomic E-state index is 11.9. The van der Waals surface area contributed by atoms with Crippen LogP contribution >= 0.6 is 11.6 Å². The molecule has 5 heteroatoms. The molecule has 0 atom stereocenters. The zero-order valence-corrected chi connectivity index (χ0v) is 15.4. The molecule has 130 valence electrons. The summed E-state index contributed by atoms with van der Waals surface area (Å²) in [7, 11) is 0. The number of halogens is 1. The van der Waals surface area contributed by atoms with Crippen LogP contribution in [0.2, 0.25) is 5.22 Å². The summed E-state index contributed by atoms with van der Waals surface area (Å²) in [4.78, 5) is 13.3. The van der Waals surface area contributed by atoms with Crippen molar-refractivity contribution in [1.29, 1.82) is 0 Å². The van der Waals surface area contributed by atoms with Gasteiger partial charge in [0.15, 0.2) is 0 Å². The summed E-state index contributed by atoms with van der Waals surface area (Å²) in [5.41, 5.74) is 1.73. The van der Waals surface area contributed by atoms with E-state index in [1.165, 1.54) is 4.90 Å². The molecule has 0 aliphatic carbocycles. The van der Waals surface area contributed by atoms with Crippen LogP contribution in [0.4, 0.5) is 10.5 Å². The van der Waals surface area contributed by atoms with Crippen molar-refractivity contribution in [3.8, 4) is 11.3 Å². The number of furan rings is 1. The average molecular weight is 358 g/mol. The average Bonchev–Trinajstić information content (AvgIpc) is 2.82. The third kappa shape index (κ3) is 3.10. The fraction of sp³-hybridized carbons (Fsp3) is 0.250. The zero-order chi connectivity index (χ0) is 18.4. The number of carboxylic acid groups (broad SMARTS) is 1. The van der Waals surface area contributed by atoms with Crippen LogP contribution in [0.25, 0.3) is 22.1 Å². The standard InChI is InChI=1S/C20H20ClNO3/c1-12-9-10-13-15(11-12)18(21)25-17(13)14-7-5-6-8-16(14)22(19(23)24)20(2,3)4/h5-11H,1-4H3,(H,23,24). The van der Waals surface area contributed by atoms with Crippen LogP contribution < -0.4 is 4.90 Å². The van der Waals surface area contributed by atoms with Crippen LogP contribution in [0.15, 0.2) is 46.9 Å². The maximum absolute atomic E-state index is 11.9. The molecule has 0 saturated carbocycles. The summed E-state index contributed by atoms with van der Waals surface area (Å²) < 4.78 is 5.84. The van der Waals surface area contributed by atoms with E-state index in [1.54, 1.807) is 6.07 Å². The Hall–Kier alpha value is -2.46. The number of benzene rings is 2. The highest BCUT2D eigenvalue weighted by atomic mass is 35.5. The van der Waals surface area contributed by atoms with Crippen molar-refractivity contribution in [3.63, 3.8) is 0 Å². The predicted octanol–water partition coefficient (Wildman–Crippen LogP) is 6.34. The van der Waals surface area contributed by atoms with Crippen molar-refractivity contribution in [3.05, 3.63) is 53.2 Å². The van der Waals surface area contributed by atoms with Gasteiger partial charge in [0.2, 0.25) is 5.22 Å². The van der Waals surface area contributed by atoms with Gasteiger partial charge in [0.05, 0.1) is 5.69 Å². The molecule has 1 amide bonds. The second-order valence-electron chi connectivity index (χ2n) is 7.06. The van der Waals surface area contributed by atoms with Gasteiger partial charge >= 0.3 is 6.09 Å². The van der Waals surface area contributed by atoms with Gasteiger partial charge in [-0.25, -0.2) is 4.79 Å². The quantitative estimate of drug-likeness (QED) is 0.581. The summed E-state index contributed by atoms with van der Waals surface area (Å²) in [5, 5.41) is 11.8. The minimum atomic E-state index is -1.02. The molecule has 25 heavy (non-hydrogen) atoms. The zero-order valence-electron chi connectivity index (χ0n) is 14.6. The van der Waals surface area contributed by atoms with Crippen molar-refractivity contribution in [2.45, 2.75) is 33.2 Å². The third-order valence-corrected chi connectivity index (χ3v) is 4.36. The fourth-order valence-corrected chi connectivity index (χ4v) is 3.26. The Labute approximate surface area is 151 Å². The van der Waals surface area contributed by atoms with E-state index < -0.39 is 11.6 Å². The van der Waals surface area contributed by atoms with E-state index in [4.69, 9.17) is 16.0 Å². The topological polar surface area (TPSA) is 53.7 Å². The molecule has 0 fully saturated rings. The molecule has 2 aromatic carbocycles. The van der Waals surface area contributed by atoms with E-state index in [9.17, 15) is 9.90 Å². The lowest BCUT2D eigenvalue weighted by atomic mass is 10.0. The third-order valence-electron chi connectivity index (χ3n) is 4.07. The van der Waals surface area contributed by atoms with E-state index in [-0.39, 0.29) is 0 Å². The Balaban J connectivity index is 2.29. The summed E-state index contributed by atoms with van der Waals surface area (Å²) in [5.74, 6) is 0.575. The van der Waals surface area contributed by atoms with Crippen LogP contribution in [0.5, 0.6) is 0 Å². The molecule has 0 unspecified atom stereocenters. The van der Waals surface area contributed by atoms with Gasteiger partial charge < -0.3 is 9.52 Å². The number of amides is 1. The van der Waals surface area contributed by atoms with Gasteiger partial charge in [-0.3, -0.25) is 4.90 Å². The van der Waals surface area contributed by atoms with Gasteiger partial charge in [0, 0.05) is 21.9 Å². The molecule has 0 bridgehead atoms. The lowest BCUT2D eigenvalue weighted by molar-refractivity contribution is 0.195. The molecule has 3 aromatic rings. The molecule has 0 saturated heterocycles.